The van der Waals surface area contributed by atoms with Crippen LogP contribution in [0.3, 0.4) is 0 Å². The molecule has 8 nitrogen and oxygen atoms in total. The fraction of sp³-hybridized carbons (Fsp3) is 0. The molecule has 0 saturated carbocycles. The zero-order valence-corrected chi connectivity index (χ0v) is 13.0. The third-order valence-corrected chi connectivity index (χ3v) is 3.50. The lowest BCUT2D eigenvalue weighted by Gasteiger charge is -2.05. The van der Waals surface area contributed by atoms with Crippen molar-refractivity contribution in [3.63, 3.8) is 0 Å². The Balaban J connectivity index is 2.54. The van der Waals surface area contributed by atoms with Crippen LogP contribution in [0, 0.1) is 0 Å². The van der Waals surface area contributed by atoms with Crippen molar-refractivity contribution in [2.24, 2.45) is 0 Å². The Morgan fingerprint density at radius 3 is 1.62 bits per heavy atom. The number of carbonyl (C=O) groups is 4. The van der Waals surface area contributed by atoms with Crippen molar-refractivity contribution in [3.05, 3.63) is 69.8 Å². The van der Waals surface area contributed by atoms with Gasteiger partial charge in [-0.2, -0.15) is 0 Å². The second-order valence-electron chi connectivity index (χ2n) is 5.16. The molecule has 0 bridgehead atoms. The van der Waals surface area contributed by atoms with Gasteiger partial charge in [-0.1, -0.05) is 18.2 Å². The summed E-state index contributed by atoms with van der Waals surface area (Å²) in [7, 11) is 0. The fourth-order valence-electron chi connectivity index (χ4n) is 2.23. The molecular weight excluding hydrogens is 344 g/mol. The van der Waals surface area contributed by atoms with Crippen LogP contribution in [0.4, 0.5) is 0 Å². The molecule has 2 aromatic carbocycles. The van der Waals surface area contributed by atoms with E-state index in [2.05, 4.69) is 0 Å². The highest BCUT2D eigenvalue weighted by atomic mass is 16.4. The zero-order valence-electron chi connectivity index (χ0n) is 13.0. The summed E-state index contributed by atoms with van der Waals surface area (Å²) in [5.41, 5.74) is -0.582. The number of carboxylic acid groups (broad SMARTS) is 4. The predicted octanol–water partition coefficient (Wildman–Crippen LogP) is 2.65. The highest BCUT2D eigenvalue weighted by Crippen LogP contribution is 2.19. The molecule has 0 saturated heterocycles. The van der Waals surface area contributed by atoms with E-state index in [-0.39, 0.29) is 33.4 Å². The van der Waals surface area contributed by atoms with Gasteiger partial charge in [-0.15, -0.1) is 0 Å². The Morgan fingerprint density at radius 1 is 0.577 bits per heavy atom. The lowest BCUT2D eigenvalue weighted by atomic mass is 10.00. The first-order valence-electron chi connectivity index (χ1n) is 7.10. The summed E-state index contributed by atoms with van der Waals surface area (Å²) in [6.07, 6.45) is 2.54. The molecule has 0 aliphatic heterocycles. The minimum Gasteiger partial charge on any atom is -0.478 e. The second kappa shape index (κ2) is 7.31. The molecular formula is C18H12O8. The van der Waals surface area contributed by atoms with E-state index in [1.165, 1.54) is 24.3 Å². The Morgan fingerprint density at radius 2 is 1.08 bits per heavy atom. The van der Waals surface area contributed by atoms with Crippen LogP contribution in [0.15, 0.2) is 36.4 Å². The lowest BCUT2D eigenvalue weighted by molar-refractivity contribution is 0.0681. The number of carboxylic acids is 4. The normalized spacial score (nSPS) is 10.6. The number of hydrogen-bond donors (Lipinski definition) is 4. The second-order valence-corrected chi connectivity index (χ2v) is 5.16. The molecule has 0 radical (unpaired) electrons. The largest absolute Gasteiger partial charge is 0.478 e. The molecule has 0 amide bonds. The first kappa shape index (κ1) is 18.4. The summed E-state index contributed by atoms with van der Waals surface area (Å²) in [6.45, 7) is 0. The minimum atomic E-state index is -1.36. The van der Waals surface area contributed by atoms with Crippen LogP contribution in [-0.4, -0.2) is 44.3 Å². The maximum atomic E-state index is 11.3. The minimum absolute atomic E-state index is 0.0658. The van der Waals surface area contributed by atoms with Gasteiger partial charge in [0.25, 0.3) is 0 Å². The van der Waals surface area contributed by atoms with E-state index >= 15 is 0 Å². The van der Waals surface area contributed by atoms with Gasteiger partial charge in [0.1, 0.15) is 0 Å². The molecule has 2 rings (SSSR count). The molecule has 26 heavy (non-hydrogen) atoms. The lowest BCUT2D eigenvalue weighted by Crippen LogP contribution is -2.05. The summed E-state index contributed by atoms with van der Waals surface area (Å²) in [6, 6.07) is 6.89. The van der Waals surface area contributed by atoms with Crippen LogP contribution in [0.1, 0.15) is 52.6 Å². The van der Waals surface area contributed by atoms with Gasteiger partial charge < -0.3 is 20.4 Å². The Bertz CT molecular complexity index is 956. The third kappa shape index (κ3) is 3.93. The molecule has 4 N–H and O–H groups in total. The Hall–Kier alpha value is -3.94. The Labute approximate surface area is 146 Å². The van der Waals surface area contributed by atoms with Crippen molar-refractivity contribution in [1.82, 2.24) is 0 Å². The smallest absolute Gasteiger partial charge is 0.336 e. The summed E-state index contributed by atoms with van der Waals surface area (Å²) in [5.74, 6) is -5.16. The molecule has 0 spiro atoms. The van der Waals surface area contributed by atoms with Crippen LogP contribution in [0.25, 0.3) is 12.2 Å². The highest BCUT2D eigenvalue weighted by molar-refractivity contribution is 5.99. The number of rotatable bonds is 6. The van der Waals surface area contributed by atoms with Gasteiger partial charge in [0.2, 0.25) is 0 Å². The van der Waals surface area contributed by atoms with Crippen molar-refractivity contribution in [2.45, 2.75) is 0 Å². The standard InChI is InChI=1S/C18H12O8/c19-15(20)11-5-6-13(17(23)24)10(7-11)3-1-9-2-4-12(16(21)22)8-14(9)18(25)26/h1-8H,(H,19,20)(H,21,22)(H,23,24)(H,25,26). The van der Waals surface area contributed by atoms with Crippen molar-refractivity contribution in [1.29, 1.82) is 0 Å². The summed E-state index contributed by atoms with van der Waals surface area (Å²) < 4.78 is 0. The summed E-state index contributed by atoms with van der Waals surface area (Å²) in [5, 5.41) is 36.4. The van der Waals surface area contributed by atoms with Crippen molar-refractivity contribution in [3.8, 4) is 0 Å². The molecule has 2 aromatic rings. The van der Waals surface area contributed by atoms with E-state index in [0.717, 1.165) is 24.3 Å². The quantitative estimate of drug-likeness (QED) is 0.577. The van der Waals surface area contributed by atoms with Crippen LogP contribution < -0.4 is 0 Å². The van der Waals surface area contributed by atoms with Gasteiger partial charge in [-0.05, 0) is 41.5 Å². The van der Waals surface area contributed by atoms with Gasteiger partial charge in [-0.3, -0.25) is 0 Å². The van der Waals surface area contributed by atoms with Crippen LogP contribution in [-0.2, 0) is 0 Å². The van der Waals surface area contributed by atoms with Crippen LogP contribution in [0.5, 0.6) is 0 Å². The molecule has 0 unspecified atom stereocenters. The topological polar surface area (TPSA) is 149 Å². The van der Waals surface area contributed by atoms with Crippen LogP contribution >= 0.6 is 0 Å². The monoisotopic (exact) mass is 356 g/mol. The van der Waals surface area contributed by atoms with Gasteiger partial charge in [0.15, 0.2) is 0 Å². The molecule has 0 aliphatic rings. The van der Waals surface area contributed by atoms with E-state index < -0.39 is 23.9 Å². The molecule has 0 aromatic heterocycles. The first-order chi connectivity index (χ1) is 12.2. The molecule has 0 heterocycles. The molecule has 132 valence electrons. The number of benzene rings is 2. The van der Waals surface area contributed by atoms with E-state index in [9.17, 15) is 29.4 Å². The van der Waals surface area contributed by atoms with E-state index in [4.69, 9.17) is 10.2 Å². The molecule has 0 atom stereocenters. The van der Waals surface area contributed by atoms with E-state index in [0.29, 0.717) is 0 Å². The van der Waals surface area contributed by atoms with Gasteiger partial charge in [0.05, 0.1) is 22.3 Å². The summed E-state index contributed by atoms with van der Waals surface area (Å²) in [4.78, 5) is 44.6. The molecule has 0 fully saturated rings. The van der Waals surface area contributed by atoms with Gasteiger partial charge in [0, 0.05) is 0 Å². The fourth-order valence-corrected chi connectivity index (χ4v) is 2.23. The molecule has 0 aliphatic carbocycles. The number of hydrogen-bond acceptors (Lipinski definition) is 4. The third-order valence-electron chi connectivity index (χ3n) is 3.50. The first-order valence-corrected chi connectivity index (χ1v) is 7.10. The van der Waals surface area contributed by atoms with Crippen LogP contribution in [0.2, 0.25) is 0 Å². The van der Waals surface area contributed by atoms with E-state index in [1.54, 1.807) is 0 Å². The van der Waals surface area contributed by atoms with Crippen molar-refractivity contribution >= 4 is 36.0 Å². The van der Waals surface area contributed by atoms with Crippen molar-refractivity contribution in [2.75, 3.05) is 0 Å². The maximum absolute atomic E-state index is 11.3. The SMILES string of the molecule is O=C(O)c1ccc(C(=O)O)c(C=Cc2ccc(C(=O)O)cc2C(=O)O)c1. The van der Waals surface area contributed by atoms with Crippen molar-refractivity contribution < 1.29 is 39.6 Å². The van der Waals surface area contributed by atoms with E-state index in [1.807, 2.05) is 0 Å². The van der Waals surface area contributed by atoms with Gasteiger partial charge in [-0.25, -0.2) is 19.2 Å². The highest BCUT2D eigenvalue weighted by Gasteiger charge is 2.14. The predicted molar refractivity (Wildman–Crippen MR) is 89.6 cm³/mol. The zero-order chi connectivity index (χ0) is 19.4. The number of aromatic carboxylic acids is 4. The Kier molecular flexibility index (Phi) is 5.17. The summed E-state index contributed by atoms with van der Waals surface area (Å²) >= 11 is 0. The maximum Gasteiger partial charge on any atom is 0.336 e. The average Bonchev–Trinajstić information content (AvgIpc) is 2.59. The average molecular weight is 356 g/mol. The van der Waals surface area contributed by atoms with Gasteiger partial charge >= 0.3 is 23.9 Å². The molecule has 8 heteroatoms.